The Labute approximate surface area is 92.5 Å². The van der Waals surface area contributed by atoms with Crippen molar-refractivity contribution in [1.82, 2.24) is 5.32 Å². The molecule has 0 fully saturated rings. The van der Waals surface area contributed by atoms with Crippen molar-refractivity contribution in [1.29, 1.82) is 0 Å². The van der Waals surface area contributed by atoms with E-state index >= 15 is 0 Å². The fourth-order valence-electron chi connectivity index (χ4n) is 0.995. The standard InChI is InChI=1S/C10H14N2O2S/c1-10(2,3)12-9(14)7-5-4-6(15-7)8(11)13/h4-5H,1-3H3,(H2,11,13)(H,12,14). The number of amides is 2. The molecule has 1 rings (SSSR count). The predicted molar refractivity (Wildman–Crippen MR) is 60.1 cm³/mol. The van der Waals surface area contributed by atoms with E-state index in [9.17, 15) is 9.59 Å². The second-order valence-corrected chi connectivity index (χ2v) is 5.32. The van der Waals surface area contributed by atoms with Crippen LogP contribution < -0.4 is 11.1 Å². The number of hydrogen-bond donors (Lipinski definition) is 2. The number of nitrogens with one attached hydrogen (secondary N) is 1. The minimum atomic E-state index is -0.505. The summed E-state index contributed by atoms with van der Waals surface area (Å²) in [6.07, 6.45) is 0. The van der Waals surface area contributed by atoms with E-state index in [-0.39, 0.29) is 11.4 Å². The number of carbonyl (C=O) groups excluding carboxylic acids is 2. The number of primary amides is 1. The lowest BCUT2D eigenvalue weighted by atomic mass is 10.1. The number of rotatable bonds is 2. The first-order valence-electron chi connectivity index (χ1n) is 4.52. The first kappa shape index (κ1) is 11.7. The third-order valence-electron chi connectivity index (χ3n) is 1.56. The number of hydrogen-bond acceptors (Lipinski definition) is 3. The van der Waals surface area contributed by atoms with Gasteiger partial charge in [-0.05, 0) is 32.9 Å². The molecule has 0 aliphatic heterocycles. The molecule has 0 atom stereocenters. The third kappa shape index (κ3) is 3.36. The largest absolute Gasteiger partial charge is 0.365 e. The van der Waals surface area contributed by atoms with Gasteiger partial charge in [-0.15, -0.1) is 11.3 Å². The van der Waals surface area contributed by atoms with Crippen LogP contribution in [0, 0.1) is 0 Å². The highest BCUT2D eigenvalue weighted by Gasteiger charge is 2.17. The van der Waals surface area contributed by atoms with Crippen molar-refractivity contribution in [3.63, 3.8) is 0 Å². The van der Waals surface area contributed by atoms with Crippen molar-refractivity contribution in [2.75, 3.05) is 0 Å². The van der Waals surface area contributed by atoms with E-state index in [1.807, 2.05) is 20.8 Å². The number of carbonyl (C=O) groups is 2. The molecule has 0 saturated heterocycles. The molecule has 0 aliphatic rings. The lowest BCUT2D eigenvalue weighted by molar-refractivity contribution is 0.0923. The summed E-state index contributed by atoms with van der Waals surface area (Å²) in [4.78, 5) is 23.4. The second kappa shape index (κ2) is 4.02. The molecule has 3 N–H and O–H groups in total. The summed E-state index contributed by atoms with van der Waals surface area (Å²) in [5.41, 5.74) is 4.81. The maximum absolute atomic E-state index is 11.6. The molecule has 0 unspecified atom stereocenters. The van der Waals surface area contributed by atoms with Crippen LogP contribution in [0.4, 0.5) is 0 Å². The lowest BCUT2D eigenvalue weighted by Gasteiger charge is -2.19. The smallest absolute Gasteiger partial charge is 0.261 e. The first-order chi connectivity index (χ1) is 6.79. The Morgan fingerprint density at radius 1 is 1.27 bits per heavy atom. The summed E-state index contributed by atoms with van der Waals surface area (Å²) in [5, 5.41) is 2.81. The maximum atomic E-state index is 11.6. The van der Waals surface area contributed by atoms with Gasteiger partial charge in [-0.3, -0.25) is 9.59 Å². The Hall–Kier alpha value is -1.36. The van der Waals surface area contributed by atoms with E-state index < -0.39 is 5.91 Å². The van der Waals surface area contributed by atoms with Gasteiger partial charge >= 0.3 is 0 Å². The van der Waals surface area contributed by atoms with Gasteiger partial charge in [0, 0.05) is 5.54 Å². The normalized spacial score (nSPS) is 11.1. The van der Waals surface area contributed by atoms with E-state index in [0.29, 0.717) is 9.75 Å². The molecule has 1 heterocycles. The molecule has 1 aromatic rings. The van der Waals surface area contributed by atoms with E-state index in [4.69, 9.17) is 5.73 Å². The highest BCUT2D eigenvalue weighted by atomic mass is 32.1. The van der Waals surface area contributed by atoms with Gasteiger partial charge < -0.3 is 11.1 Å². The average Bonchev–Trinajstić information content (AvgIpc) is 2.47. The molecule has 0 radical (unpaired) electrons. The molecule has 1 aromatic heterocycles. The van der Waals surface area contributed by atoms with Gasteiger partial charge in [0.15, 0.2) is 0 Å². The van der Waals surface area contributed by atoms with Gasteiger partial charge in [0.25, 0.3) is 11.8 Å². The minimum Gasteiger partial charge on any atom is -0.365 e. The molecule has 0 spiro atoms. The van der Waals surface area contributed by atoms with Gasteiger partial charge in [0.2, 0.25) is 0 Å². The van der Waals surface area contributed by atoms with Crippen LogP contribution >= 0.6 is 11.3 Å². The molecule has 15 heavy (non-hydrogen) atoms. The molecule has 5 heteroatoms. The Morgan fingerprint density at radius 3 is 2.20 bits per heavy atom. The van der Waals surface area contributed by atoms with Gasteiger partial charge in [-0.2, -0.15) is 0 Å². The van der Waals surface area contributed by atoms with Crippen LogP contribution in [0.1, 0.15) is 40.1 Å². The highest BCUT2D eigenvalue weighted by molar-refractivity contribution is 7.15. The molecular formula is C10H14N2O2S. The van der Waals surface area contributed by atoms with Crippen LogP contribution in [0.3, 0.4) is 0 Å². The van der Waals surface area contributed by atoms with Crippen molar-refractivity contribution >= 4 is 23.2 Å². The monoisotopic (exact) mass is 226 g/mol. The number of thiophene rings is 1. The Balaban J connectivity index is 2.79. The third-order valence-corrected chi connectivity index (χ3v) is 2.66. The predicted octanol–water partition coefficient (Wildman–Crippen LogP) is 1.38. The van der Waals surface area contributed by atoms with E-state index in [1.54, 1.807) is 12.1 Å². The van der Waals surface area contributed by atoms with Crippen LogP contribution in [0.25, 0.3) is 0 Å². The van der Waals surface area contributed by atoms with E-state index in [1.165, 1.54) is 0 Å². The van der Waals surface area contributed by atoms with Crippen molar-refractivity contribution in [2.24, 2.45) is 5.73 Å². The first-order valence-corrected chi connectivity index (χ1v) is 5.33. The van der Waals surface area contributed by atoms with Crippen molar-refractivity contribution in [2.45, 2.75) is 26.3 Å². The van der Waals surface area contributed by atoms with Crippen molar-refractivity contribution in [3.8, 4) is 0 Å². The lowest BCUT2D eigenvalue weighted by Crippen LogP contribution is -2.40. The summed E-state index contributed by atoms with van der Waals surface area (Å²) in [5.74, 6) is -0.685. The molecule has 2 amide bonds. The fraction of sp³-hybridized carbons (Fsp3) is 0.400. The topological polar surface area (TPSA) is 72.2 Å². The Bertz CT molecular complexity index is 390. The SMILES string of the molecule is CC(C)(C)NC(=O)c1ccc(C(N)=O)s1. The van der Waals surface area contributed by atoms with E-state index in [2.05, 4.69) is 5.32 Å². The molecule has 0 aromatic carbocycles. The second-order valence-electron chi connectivity index (χ2n) is 4.23. The summed E-state index contributed by atoms with van der Waals surface area (Å²) < 4.78 is 0. The van der Waals surface area contributed by atoms with Crippen LogP contribution in [-0.4, -0.2) is 17.4 Å². The Kier molecular flexibility index (Phi) is 3.14. The Morgan fingerprint density at radius 2 is 1.80 bits per heavy atom. The summed E-state index contributed by atoms with van der Waals surface area (Å²) in [6.45, 7) is 5.69. The van der Waals surface area contributed by atoms with Crippen molar-refractivity contribution < 1.29 is 9.59 Å². The average molecular weight is 226 g/mol. The van der Waals surface area contributed by atoms with Crippen LogP contribution in [0.5, 0.6) is 0 Å². The summed E-state index contributed by atoms with van der Waals surface area (Å²) in [6, 6.07) is 3.16. The van der Waals surface area contributed by atoms with Crippen molar-refractivity contribution in [3.05, 3.63) is 21.9 Å². The quantitative estimate of drug-likeness (QED) is 0.799. The van der Waals surface area contributed by atoms with Crippen LogP contribution in [0.15, 0.2) is 12.1 Å². The maximum Gasteiger partial charge on any atom is 0.261 e. The van der Waals surface area contributed by atoms with Crippen LogP contribution in [-0.2, 0) is 0 Å². The van der Waals surface area contributed by atoms with Gasteiger partial charge in [-0.25, -0.2) is 0 Å². The van der Waals surface area contributed by atoms with Crippen LogP contribution in [0.2, 0.25) is 0 Å². The van der Waals surface area contributed by atoms with E-state index in [0.717, 1.165) is 11.3 Å². The minimum absolute atomic E-state index is 0.181. The zero-order valence-corrected chi connectivity index (χ0v) is 9.77. The van der Waals surface area contributed by atoms with Gasteiger partial charge in [0.05, 0.1) is 9.75 Å². The summed E-state index contributed by atoms with van der Waals surface area (Å²) >= 11 is 1.10. The zero-order valence-electron chi connectivity index (χ0n) is 8.96. The molecule has 82 valence electrons. The molecule has 0 aliphatic carbocycles. The van der Waals surface area contributed by atoms with Gasteiger partial charge in [-0.1, -0.05) is 0 Å². The number of nitrogens with two attached hydrogens (primary N) is 1. The fourth-order valence-corrected chi connectivity index (χ4v) is 1.75. The summed E-state index contributed by atoms with van der Waals surface area (Å²) in [7, 11) is 0. The highest BCUT2D eigenvalue weighted by Crippen LogP contribution is 2.16. The molecule has 4 nitrogen and oxygen atoms in total. The molecule has 0 saturated carbocycles. The molecule has 0 bridgehead atoms. The molecular weight excluding hydrogens is 212 g/mol. The zero-order chi connectivity index (χ0) is 11.6. The van der Waals surface area contributed by atoms with Gasteiger partial charge in [0.1, 0.15) is 0 Å².